The summed E-state index contributed by atoms with van der Waals surface area (Å²) in [6.07, 6.45) is 1.59. The molecule has 0 fully saturated rings. The third-order valence-corrected chi connectivity index (χ3v) is 3.31. The monoisotopic (exact) mass is 288 g/mol. The van der Waals surface area contributed by atoms with E-state index in [-0.39, 0.29) is 17.0 Å². The number of aromatic nitrogens is 1. The van der Waals surface area contributed by atoms with Gasteiger partial charge in [-0.2, -0.15) is 0 Å². The van der Waals surface area contributed by atoms with Crippen LogP contribution in [0.3, 0.4) is 0 Å². The quantitative estimate of drug-likeness (QED) is 0.557. The van der Waals surface area contributed by atoms with Crippen molar-refractivity contribution in [2.45, 2.75) is 0 Å². The first kappa shape index (κ1) is 12.7. The van der Waals surface area contributed by atoms with Crippen LogP contribution in [0.2, 0.25) is 5.02 Å². The van der Waals surface area contributed by atoms with E-state index < -0.39 is 5.82 Å². The highest BCUT2D eigenvalue weighted by Crippen LogP contribution is 2.25. The van der Waals surface area contributed by atoms with Crippen LogP contribution >= 0.6 is 11.6 Å². The van der Waals surface area contributed by atoms with E-state index in [1.165, 1.54) is 18.2 Å². The van der Waals surface area contributed by atoms with Gasteiger partial charge in [0.05, 0.1) is 0 Å². The lowest BCUT2D eigenvalue weighted by Crippen LogP contribution is -2.02. The second-order valence-electron chi connectivity index (χ2n) is 4.49. The zero-order valence-corrected chi connectivity index (χ0v) is 11.0. The predicted molar refractivity (Wildman–Crippen MR) is 77.6 cm³/mol. The van der Waals surface area contributed by atoms with E-state index in [0.29, 0.717) is 10.6 Å². The number of anilines is 1. The lowest BCUT2D eigenvalue weighted by Gasteiger charge is -2.02. The van der Waals surface area contributed by atoms with Crippen LogP contribution in [0.5, 0.6) is 0 Å². The molecule has 3 aromatic rings. The van der Waals surface area contributed by atoms with Gasteiger partial charge < -0.3 is 10.7 Å². The minimum atomic E-state index is -0.531. The van der Waals surface area contributed by atoms with E-state index >= 15 is 0 Å². The summed E-state index contributed by atoms with van der Waals surface area (Å²) < 4.78 is 13.3. The molecule has 0 saturated heterocycles. The Hall–Kier alpha value is -2.33. The Kier molecular flexibility index (Phi) is 2.95. The minimum Gasteiger partial charge on any atom is -0.399 e. The molecule has 1 aromatic heterocycles. The van der Waals surface area contributed by atoms with Crippen LogP contribution in [0, 0.1) is 5.82 Å². The number of H-pyrrole nitrogens is 1. The predicted octanol–water partition coefficient (Wildman–Crippen LogP) is 3.77. The van der Waals surface area contributed by atoms with Crippen molar-refractivity contribution in [2.24, 2.45) is 0 Å². The standard InChI is InChI=1S/C15H10ClFN2O/c16-9-1-2-12-13(7-19-14(12)5-9)15(20)8-3-10(17)6-11(18)4-8/h1-7,19H,18H2. The van der Waals surface area contributed by atoms with Crippen LogP contribution in [-0.2, 0) is 0 Å². The molecule has 20 heavy (non-hydrogen) atoms. The van der Waals surface area contributed by atoms with Crippen LogP contribution in [0.4, 0.5) is 10.1 Å². The number of rotatable bonds is 2. The molecule has 3 rings (SSSR count). The molecule has 2 aromatic carbocycles. The topological polar surface area (TPSA) is 58.9 Å². The van der Waals surface area contributed by atoms with E-state index in [0.717, 1.165) is 10.9 Å². The molecular weight excluding hydrogens is 279 g/mol. The SMILES string of the molecule is Nc1cc(F)cc(C(=O)c2c[nH]c3cc(Cl)ccc23)c1. The van der Waals surface area contributed by atoms with Crippen molar-refractivity contribution in [2.75, 3.05) is 5.73 Å². The molecule has 0 aliphatic heterocycles. The molecule has 5 heteroatoms. The highest BCUT2D eigenvalue weighted by atomic mass is 35.5. The summed E-state index contributed by atoms with van der Waals surface area (Å²) in [5, 5.41) is 1.32. The molecule has 3 nitrogen and oxygen atoms in total. The van der Waals surface area contributed by atoms with E-state index in [2.05, 4.69) is 4.98 Å². The van der Waals surface area contributed by atoms with Crippen LogP contribution in [-0.4, -0.2) is 10.8 Å². The Morgan fingerprint density at radius 2 is 2.00 bits per heavy atom. The number of carbonyl (C=O) groups is 1. The van der Waals surface area contributed by atoms with E-state index in [1.54, 1.807) is 24.4 Å². The molecule has 0 amide bonds. The zero-order valence-electron chi connectivity index (χ0n) is 10.3. The number of halogens is 2. The summed E-state index contributed by atoms with van der Waals surface area (Å²) in [6, 6.07) is 8.99. The van der Waals surface area contributed by atoms with Crippen LogP contribution in [0.1, 0.15) is 15.9 Å². The summed E-state index contributed by atoms with van der Waals surface area (Å²) in [7, 11) is 0. The van der Waals surface area contributed by atoms with Crippen molar-refractivity contribution in [3.63, 3.8) is 0 Å². The second kappa shape index (κ2) is 4.65. The molecule has 100 valence electrons. The number of hydrogen-bond donors (Lipinski definition) is 2. The average Bonchev–Trinajstić information content (AvgIpc) is 2.79. The largest absolute Gasteiger partial charge is 0.399 e. The van der Waals surface area contributed by atoms with Crippen molar-refractivity contribution < 1.29 is 9.18 Å². The molecule has 0 unspecified atom stereocenters. The van der Waals surface area contributed by atoms with Gasteiger partial charge in [-0.3, -0.25) is 4.79 Å². The zero-order chi connectivity index (χ0) is 14.3. The maximum Gasteiger partial charge on any atom is 0.195 e. The number of nitrogen functional groups attached to an aromatic ring is 1. The van der Waals surface area contributed by atoms with Gasteiger partial charge >= 0.3 is 0 Å². The number of nitrogens with two attached hydrogens (primary N) is 1. The highest BCUT2D eigenvalue weighted by molar-refractivity contribution is 6.31. The maximum atomic E-state index is 13.3. The van der Waals surface area contributed by atoms with Gasteiger partial charge in [-0.25, -0.2) is 4.39 Å². The van der Waals surface area contributed by atoms with Crippen LogP contribution in [0.25, 0.3) is 10.9 Å². The first-order valence-electron chi connectivity index (χ1n) is 5.92. The number of hydrogen-bond acceptors (Lipinski definition) is 2. The summed E-state index contributed by atoms with van der Waals surface area (Å²) in [5.41, 5.74) is 7.22. The molecule has 0 spiro atoms. The molecule has 3 N–H and O–H groups in total. The fraction of sp³-hybridized carbons (Fsp3) is 0. The Labute approximate surface area is 119 Å². The fourth-order valence-corrected chi connectivity index (χ4v) is 2.36. The van der Waals surface area contributed by atoms with E-state index in [1.807, 2.05) is 0 Å². The molecule has 0 atom stereocenters. The van der Waals surface area contributed by atoms with Gasteiger partial charge in [-0.1, -0.05) is 17.7 Å². The van der Waals surface area contributed by atoms with Gasteiger partial charge in [-0.05, 0) is 30.3 Å². The van der Waals surface area contributed by atoms with Gasteiger partial charge in [0.25, 0.3) is 0 Å². The third-order valence-electron chi connectivity index (χ3n) is 3.07. The normalized spacial score (nSPS) is 10.9. The number of nitrogens with one attached hydrogen (secondary N) is 1. The minimum absolute atomic E-state index is 0.219. The van der Waals surface area contributed by atoms with E-state index in [9.17, 15) is 9.18 Å². The number of benzene rings is 2. The van der Waals surface area contributed by atoms with Gasteiger partial charge in [-0.15, -0.1) is 0 Å². The molecule has 1 heterocycles. The van der Waals surface area contributed by atoms with Crippen molar-refractivity contribution in [3.8, 4) is 0 Å². The third kappa shape index (κ3) is 2.14. The smallest absolute Gasteiger partial charge is 0.195 e. The average molecular weight is 289 g/mol. The van der Waals surface area contributed by atoms with Gasteiger partial charge in [0.15, 0.2) is 5.78 Å². The second-order valence-corrected chi connectivity index (χ2v) is 4.93. The Morgan fingerprint density at radius 1 is 1.20 bits per heavy atom. The van der Waals surface area contributed by atoms with Crippen molar-refractivity contribution in [1.82, 2.24) is 4.98 Å². The van der Waals surface area contributed by atoms with Crippen molar-refractivity contribution >= 4 is 34.0 Å². The first-order valence-corrected chi connectivity index (χ1v) is 6.30. The Bertz CT molecular complexity index is 806. The van der Waals surface area contributed by atoms with Crippen molar-refractivity contribution in [1.29, 1.82) is 0 Å². The molecule has 0 saturated carbocycles. The number of aromatic amines is 1. The highest BCUT2D eigenvalue weighted by Gasteiger charge is 2.15. The molecule has 0 aliphatic carbocycles. The molecule has 0 bridgehead atoms. The molecular formula is C15H10ClFN2O. The Morgan fingerprint density at radius 3 is 2.75 bits per heavy atom. The summed E-state index contributed by atoms with van der Waals surface area (Å²) >= 11 is 5.90. The van der Waals surface area contributed by atoms with Gasteiger partial charge in [0, 0.05) is 38.9 Å². The molecule has 0 aliphatic rings. The fourth-order valence-electron chi connectivity index (χ4n) is 2.19. The van der Waals surface area contributed by atoms with Crippen LogP contribution in [0.15, 0.2) is 42.6 Å². The maximum absolute atomic E-state index is 13.3. The van der Waals surface area contributed by atoms with E-state index in [4.69, 9.17) is 17.3 Å². The lowest BCUT2D eigenvalue weighted by atomic mass is 10.0. The molecule has 0 radical (unpaired) electrons. The van der Waals surface area contributed by atoms with Gasteiger partial charge in [0.2, 0.25) is 0 Å². The number of fused-ring (bicyclic) bond motifs is 1. The van der Waals surface area contributed by atoms with Gasteiger partial charge in [0.1, 0.15) is 5.82 Å². The summed E-state index contributed by atoms with van der Waals surface area (Å²) in [4.78, 5) is 15.4. The lowest BCUT2D eigenvalue weighted by molar-refractivity contribution is 0.104. The summed E-state index contributed by atoms with van der Waals surface area (Å²) in [6.45, 7) is 0. The van der Waals surface area contributed by atoms with Crippen molar-refractivity contribution in [3.05, 3.63) is 64.6 Å². The van der Waals surface area contributed by atoms with Crippen LogP contribution < -0.4 is 5.73 Å². The number of ketones is 1. The first-order chi connectivity index (χ1) is 9.54. The summed E-state index contributed by atoms with van der Waals surface area (Å²) in [5.74, 6) is -0.819. The Balaban J connectivity index is 2.12. The number of carbonyl (C=O) groups excluding carboxylic acids is 1.